The second-order valence-electron chi connectivity index (χ2n) is 8.10. The summed E-state index contributed by atoms with van der Waals surface area (Å²) in [6.07, 6.45) is 6.42. The van der Waals surface area contributed by atoms with Crippen LogP contribution in [0.3, 0.4) is 0 Å². The normalized spacial score (nSPS) is 15.9. The maximum atomic E-state index is 14.1. The number of halogens is 1. The first-order valence-electron chi connectivity index (χ1n) is 10.5. The van der Waals surface area contributed by atoms with Gasteiger partial charge in [0.25, 0.3) is 0 Å². The van der Waals surface area contributed by atoms with Gasteiger partial charge in [-0.3, -0.25) is 4.90 Å². The maximum Gasteiger partial charge on any atom is 0.322 e. The maximum absolute atomic E-state index is 14.1. The van der Waals surface area contributed by atoms with Gasteiger partial charge in [-0.05, 0) is 44.5 Å². The number of nitrogens with zero attached hydrogens (tertiary/aromatic N) is 2. The number of anilines is 1. The van der Waals surface area contributed by atoms with E-state index in [0.717, 1.165) is 17.8 Å². The Morgan fingerprint density at radius 2 is 1.72 bits per heavy atom. The first-order chi connectivity index (χ1) is 14.0. The van der Waals surface area contributed by atoms with Gasteiger partial charge in [-0.1, -0.05) is 55.7 Å². The molecule has 1 aliphatic rings. The minimum Gasteiger partial charge on any atom is -0.321 e. The highest BCUT2D eigenvalue weighted by molar-refractivity contribution is 5.90. The summed E-state index contributed by atoms with van der Waals surface area (Å²) in [5.41, 5.74) is 2.42. The van der Waals surface area contributed by atoms with E-state index in [9.17, 15) is 9.18 Å². The highest BCUT2D eigenvalue weighted by Gasteiger charge is 2.22. The van der Waals surface area contributed by atoms with Gasteiger partial charge in [-0.2, -0.15) is 0 Å². The smallest absolute Gasteiger partial charge is 0.321 e. The summed E-state index contributed by atoms with van der Waals surface area (Å²) in [5, 5.41) is 3.03. The van der Waals surface area contributed by atoms with Gasteiger partial charge in [0.15, 0.2) is 0 Å². The zero-order valence-electron chi connectivity index (χ0n) is 17.7. The van der Waals surface area contributed by atoms with Crippen LogP contribution in [0.1, 0.15) is 56.2 Å². The molecule has 0 heterocycles. The summed E-state index contributed by atoms with van der Waals surface area (Å²) >= 11 is 0. The van der Waals surface area contributed by atoms with E-state index >= 15 is 0 Å². The molecule has 1 atom stereocenters. The van der Waals surface area contributed by atoms with Gasteiger partial charge in [-0.15, -0.1) is 0 Å². The average molecular weight is 398 g/mol. The standard InChI is InChI=1S/C24H32FN3O/c1-18(21-14-8-9-15-22(21)25)28(3)24(29)26-23-16-10-7-11-19(23)17-27(2)20-12-5-4-6-13-20/h7-11,14-16,18,20H,4-6,12-13,17H2,1-3H3,(H,26,29). The van der Waals surface area contributed by atoms with E-state index in [1.54, 1.807) is 30.1 Å². The predicted molar refractivity (Wildman–Crippen MR) is 116 cm³/mol. The SMILES string of the molecule is CC(c1ccccc1F)N(C)C(=O)Nc1ccccc1CN(C)C1CCCCC1. The van der Waals surface area contributed by atoms with Gasteiger partial charge in [0.2, 0.25) is 0 Å². The van der Waals surface area contributed by atoms with Gasteiger partial charge in [-0.25, -0.2) is 9.18 Å². The molecule has 0 aliphatic heterocycles. The third kappa shape index (κ3) is 5.36. The fourth-order valence-corrected chi connectivity index (χ4v) is 4.10. The lowest BCUT2D eigenvalue weighted by Crippen LogP contribution is -2.35. The first-order valence-corrected chi connectivity index (χ1v) is 10.5. The van der Waals surface area contributed by atoms with Crippen LogP contribution in [-0.4, -0.2) is 36.0 Å². The molecule has 0 aromatic heterocycles. The van der Waals surface area contributed by atoms with E-state index in [1.165, 1.54) is 38.2 Å². The van der Waals surface area contributed by atoms with Crippen molar-refractivity contribution in [2.45, 2.75) is 57.7 Å². The fraction of sp³-hybridized carbons (Fsp3) is 0.458. The van der Waals surface area contributed by atoms with Crippen LogP contribution >= 0.6 is 0 Å². The first kappa shape index (κ1) is 21.3. The molecule has 1 saturated carbocycles. The molecule has 2 aromatic rings. The molecule has 2 amide bonds. The second-order valence-corrected chi connectivity index (χ2v) is 8.10. The topological polar surface area (TPSA) is 35.6 Å². The molecule has 1 unspecified atom stereocenters. The molecule has 29 heavy (non-hydrogen) atoms. The van der Waals surface area contributed by atoms with Crippen molar-refractivity contribution in [2.24, 2.45) is 0 Å². The lowest BCUT2D eigenvalue weighted by atomic mass is 9.94. The molecule has 1 fully saturated rings. The number of carbonyl (C=O) groups excluding carboxylic acids is 1. The third-order valence-electron chi connectivity index (χ3n) is 6.13. The van der Waals surface area contributed by atoms with Crippen LogP contribution in [0, 0.1) is 5.82 Å². The number of para-hydroxylation sites is 1. The number of hydrogen-bond donors (Lipinski definition) is 1. The summed E-state index contributed by atoms with van der Waals surface area (Å²) in [6, 6.07) is 14.5. The third-order valence-corrected chi connectivity index (χ3v) is 6.13. The van der Waals surface area contributed by atoms with Gasteiger partial charge >= 0.3 is 6.03 Å². The Morgan fingerprint density at radius 3 is 2.45 bits per heavy atom. The van der Waals surface area contributed by atoms with Gasteiger partial charge in [0.1, 0.15) is 5.82 Å². The van der Waals surface area contributed by atoms with E-state index in [2.05, 4.69) is 23.3 Å². The second kappa shape index (κ2) is 9.88. The Morgan fingerprint density at radius 1 is 1.07 bits per heavy atom. The van der Waals surface area contributed by atoms with Crippen LogP contribution in [0.25, 0.3) is 0 Å². The van der Waals surface area contributed by atoms with E-state index in [-0.39, 0.29) is 17.9 Å². The van der Waals surface area contributed by atoms with E-state index < -0.39 is 0 Å². The average Bonchev–Trinajstić information content (AvgIpc) is 2.75. The van der Waals surface area contributed by atoms with E-state index in [4.69, 9.17) is 0 Å². The lowest BCUT2D eigenvalue weighted by molar-refractivity contribution is 0.184. The van der Waals surface area contributed by atoms with E-state index in [0.29, 0.717) is 11.6 Å². The largest absolute Gasteiger partial charge is 0.322 e. The Labute approximate surface area is 173 Å². The number of hydrogen-bond acceptors (Lipinski definition) is 2. The van der Waals surface area contributed by atoms with Crippen molar-refractivity contribution in [3.05, 3.63) is 65.5 Å². The summed E-state index contributed by atoms with van der Waals surface area (Å²) in [6.45, 7) is 2.63. The number of nitrogens with one attached hydrogen (secondary N) is 1. The number of rotatable bonds is 6. The van der Waals surface area contributed by atoms with Crippen LogP contribution in [-0.2, 0) is 6.54 Å². The Hall–Kier alpha value is -2.40. The highest BCUT2D eigenvalue weighted by atomic mass is 19.1. The molecule has 1 N–H and O–H groups in total. The van der Waals surface area contributed by atoms with Crippen LogP contribution < -0.4 is 5.32 Å². The summed E-state index contributed by atoms with van der Waals surface area (Å²) in [4.78, 5) is 16.8. The van der Waals surface area contributed by atoms with Crippen LogP contribution in [0.2, 0.25) is 0 Å². The van der Waals surface area contributed by atoms with Gasteiger partial charge < -0.3 is 10.2 Å². The monoisotopic (exact) mass is 397 g/mol. The summed E-state index contributed by atoms with van der Waals surface area (Å²) in [5.74, 6) is -0.297. The summed E-state index contributed by atoms with van der Waals surface area (Å²) < 4.78 is 14.1. The summed E-state index contributed by atoms with van der Waals surface area (Å²) in [7, 11) is 3.87. The predicted octanol–water partition coefficient (Wildman–Crippen LogP) is 5.82. The molecular formula is C24H32FN3O. The Kier molecular flexibility index (Phi) is 7.26. The number of carbonyl (C=O) groups is 1. The fourth-order valence-electron chi connectivity index (χ4n) is 4.10. The Balaban J connectivity index is 1.68. The van der Waals surface area contributed by atoms with Gasteiger partial charge in [0.05, 0.1) is 6.04 Å². The molecular weight excluding hydrogens is 365 g/mol. The molecule has 0 radical (unpaired) electrons. The molecule has 0 bridgehead atoms. The van der Waals surface area contributed by atoms with Crippen molar-refractivity contribution in [1.29, 1.82) is 0 Å². The van der Waals surface area contributed by atoms with Crippen molar-refractivity contribution in [3.63, 3.8) is 0 Å². The van der Waals surface area contributed by atoms with Crippen molar-refractivity contribution in [2.75, 3.05) is 19.4 Å². The van der Waals surface area contributed by atoms with Crippen molar-refractivity contribution < 1.29 is 9.18 Å². The molecule has 1 aliphatic carbocycles. The van der Waals surface area contributed by atoms with Crippen LogP contribution in [0.15, 0.2) is 48.5 Å². The quantitative estimate of drug-likeness (QED) is 0.667. The minimum absolute atomic E-state index is 0.242. The van der Waals surface area contributed by atoms with Crippen LogP contribution in [0.4, 0.5) is 14.9 Å². The molecule has 0 saturated heterocycles. The number of urea groups is 1. The highest BCUT2D eigenvalue weighted by Crippen LogP contribution is 2.26. The molecule has 0 spiro atoms. The molecule has 2 aromatic carbocycles. The molecule has 5 heteroatoms. The number of amides is 2. The van der Waals surface area contributed by atoms with Crippen LogP contribution in [0.5, 0.6) is 0 Å². The number of benzene rings is 2. The molecule has 3 rings (SSSR count). The Bertz CT molecular complexity index is 819. The zero-order valence-corrected chi connectivity index (χ0v) is 17.7. The zero-order chi connectivity index (χ0) is 20.8. The van der Waals surface area contributed by atoms with Crippen molar-refractivity contribution in [1.82, 2.24) is 9.80 Å². The lowest BCUT2D eigenvalue weighted by Gasteiger charge is -2.32. The molecule has 4 nitrogen and oxygen atoms in total. The minimum atomic E-state index is -0.367. The van der Waals surface area contributed by atoms with Gasteiger partial charge in [0, 0.05) is 30.9 Å². The van der Waals surface area contributed by atoms with Crippen molar-refractivity contribution in [3.8, 4) is 0 Å². The molecule has 156 valence electrons. The van der Waals surface area contributed by atoms with Crippen molar-refractivity contribution >= 4 is 11.7 Å². The van der Waals surface area contributed by atoms with E-state index in [1.807, 2.05) is 25.1 Å².